The lowest BCUT2D eigenvalue weighted by atomic mass is 10.1. The van der Waals surface area contributed by atoms with Gasteiger partial charge in [-0.2, -0.15) is 0 Å². The fourth-order valence-corrected chi connectivity index (χ4v) is 3.03. The van der Waals surface area contributed by atoms with Crippen LogP contribution in [0.15, 0.2) is 30.8 Å². The molecular formula is C18H18FN5O3. The third-order valence-corrected chi connectivity index (χ3v) is 4.49. The van der Waals surface area contributed by atoms with Crippen LogP contribution < -0.4 is 5.73 Å². The smallest absolute Gasteiger partial charge is 0.164 e. The van der Waals surface area contributed by atoms with Crippen LogP contribution in [0.3, 0.4) is 0 Å². The Hall–Kier alpha value is -2.88. The molecule has 3 heterocycles. The number of aliphatic hydroxyl groups excluding tert-OH is 2. The number of nitrogens with two attached hydrogens (primary N) is 1. The largest absolute Gasteiger partial charge is 0.391 e. The molecule has 5 N–H and O–H groups in total. The molecule has 3 unspecified atom stereocenters. The number of H-pyrrole nitrogens is 1. The number of nitrogens with one attached hydrogen (secondary N) is 1. The average molecular weight is 371 g/mol. The van der Waals surface area contributed by atoms with Crippen LogP contribution in [0.1, 0.15) is 29.7 Å². The highest BCUT2D eigenvalue weighted by molar-refractivity contribution is 5.86. The number of nitrogens with zero attached hydrogens (tertiary/aromatic N) is 3. The molecule has 9 heteroatoms. The fourth-order valence-electron chi connectivity index (χ4n) is 3.03. The molecule has 1 saturated heterocycles. The number of ether oxygens (including phenoxy) is 1. The van der Waals surface area contributed by atoms with E-state index in [1.165, 1.54) is 12.1 Å². The Morgan fingerprint density at radius 3 is 2.70 bits per heavy atom. The predicted octanol–water partition coefficient (Wildman–Crippen LogP) is 1.32. The number of benzene rings is 1. The molecule has 0 bridgehead atoms. The molecule has 0 aliphatic carbocycles. The molecule has 8 nitrogen and oxygen atoms in total. The van der Waals surface area contributed by atoms with Crippen LogP contribution in [0.5, 0.6) is 0 Å². The van der Waals surface area contributed by atoms with E-state index in [2.05, 4.69) is 26.5 Å². The standard InChI is InChI=1S/C18H18FN5O3/c1-8(9-2-4-10(19)5-3-9)16-21-13-15(20)22-18(24-17(13)23-16)14(26)12-6-11(25)7-27-12/h2-5,11-12,14,25-26H,1,6-7H2,(H3,20,21,22,23,24). The first kappa shape index (κ1) is 17.5. The lowest BCUT2D eigenvalue weighted by Crippen LogP contribution is -2.20. The zero-order valence-electron chi connectivity index (χ0n) is 14.3. The second-order valence-corrected chi connectivity index (χ2v) is 6.44. The first-order valence-electron chi connectivity index (χ1n) is 8.38. The summed E-state index contributed by atoms with van der Waals surface area (Å²) in [5, 5.41) is 20.0. The van der Waals surface area contributed by atoms with E-state index in [0.29, 0.717) is 28.1 Å². The van der Waals surface area contributed by atoms with Crippen LogP contribution in [0.25, 0.3) is 16.7 Å². The average Bonchev–Trinajstić information content (AvgIpc) is 3.27. The number of aromatic nitrogens is 4. The van der Waals surface area contributed by atoms with E-state index in [1.807, 2.05) is 0 Å². The first-order chi connectivity index (χ1) is 12.9. The molecule has 3 atom stereocenters. The lowest BCUT2D eigenvalue weighted by molar-refractivity contribution is -0.00843. The summed E-state index contributed by atoms with van der Waals surface area (Å²) >= 11 is 0. The summed E-state index contributed by atoms with van der Waals surface area (Å²) in [5.74, 6) is 0.254. The van der Waals surface area contributed by atoms with Gasteiger partial charge in [0.25, 0.3) is 0 Å². The molecule has 0 radical (unpaired) electrons. The minimum atomic E-state index is -1.12. The van der Waals surface area contributed by atoms with Crippen molar-refractivity contribution in [2.75, 3.05) is 12.3 Å². The lowest BCUT2D eigenvalue weighted by Gasteiger charge is -2.15. The van der Waals surface area contributed by atoms with Crippen molar-refractivity contribution < 1.29 is 19.3 Å². The van der Waals surface area contributed by atoms with E-state index < -0.39 is 18.3 Å². The number of aromatic amines is 1. The van der Waals surface area contributed by atoms with Crippen molar-refractivity contribution in [1.82, 2.24) is 19.9 Å². The Kier molecular flexibility index (Phi) is 4.34. The summed E-state index contributed by atoms with van der Waals surface area (Å²) < 4.78 is 18.5. The summed E-state index contributed by atoms with van der Waals surface area (Å²) in [5.41, 5.74) is 7.89. The van der Waals surface area contributed by atoms with Crippen LogP contribution in [0.4, 0.5) is 10.2 Å². The zero-order valence-corrected chi connectivity index (χ0v) is 14.3. The topological polar surface area (TPSA) is 130 Å². The molecule has 27 heavy (non-hydrogen) atoms. The van der Waals surface area contributed by atoms with Gasteiger partial charge in [-0.25, -0.2) is 19.3 Å². The number of imidazole rings is 1. The van der Waals surface area contributed by atoms with Crippen molar-refractivity contribution in [2.24, 2.45) is 0 Å². The van der Waals surface area contributed by atoms with Crippen LogP contribution in [0, 0.1) is 5.82 Å². The van der Waals surface area contributed by atoms with Gasteiger partial charge in [-0.05, 0) is 17.7 Å². The van der Waals surface area contributed by atoms with Gasteiger partial charge in [0, 0.05) is 12.0 Å². The van der Waals surface area contributed by atoms with Gasteiger partial charge in [-0.3, -0.25) is 0 Å². The van der Waals surface area contributed by atoms with Crippen LogP contribution in [0.2, 0.25) is 0 Å². The number of hydrogen-bond acceptors (Lipinski definition) is 7. The third kappa shape index (κ3) is 3.27. The highest BCUT2D eigenvalue weighted by atomic mass is 19.1. The van der Waals surface area contributed by atoms with Crippen molar-refractivity contribution in [2.45, 2.75) is 24.7 Å². The van der Waals surface area contributed by atoms with E-state index in [1.54, 1.807) is 12.1 Å². The summed E-state index contributed by atoms with van der Waals surface area (Å²) in [4.78, 5) is 15.8. The van der Waals surface area contributed by atoms with Crippen molar-refractivity contribution in [3.8, 4) is 0 Å². The van der Waals surface area contributed by atoms with Crippen molar-refractivity contribution >= 4 is 22.6 Å². The maximum absolute atomic E-state index is 13.1. The second-order valence-electron chi connectivity index (χ2n) is 6.44. The highest BCUT2D eigenvalue weighted by Gasteiger charge is 2.33. The maximum Gasteiger partial charge on any atom is 0.164 e. The molecule has 3 aromatic rings. The number of nitrogen functional groups attached to an aromatic ring is 1. The Bertz CT molecular complexity index is 1000. The van der Waals surface area contributed by atoms with Crippen molar-refractivity contribution in [3.63, 3.8) is 0 Å². The maximum atomic E-state index is 13.1. The Labute approximate surface area is 153 Å². The van der Waals surface area contributed by atoms with Gasteiger partial charge < -0.3 is 25.7 Å². The first-order valence-corrected chi connectivity index (χ1v) is 8.38. The third-order valence-electron chi connectivity index (χ3n) is 4.49. The molecule has 0 spiro atoms. The van der Waals surface area contributed by atoms with Crippen molar-refractivity contribution in [3.05, 3.63) is 53.9 Å². The monoisotopic (exact) mass is 371 g/mol. The molecule has 1 aliphatic heterocycles. The van der Waals surface area contributed by atoms with Gasteiger partial charge in [0.2, 0.25) is 0 Å². The molecule has 2 aromatic heterocycles. The van der Waals surface area contributed by atoms with E-state index >= 15 is 0 Å². The van der Waals surface area contributed by atoms with Gasteiger partial charge in [0.05, 0.1) is 18.8 Å². The van der Waals surface area contributed by atoms with E-state index in [0.717, 1.165) is 0 Å². The quantitative estimate of drug-likeness (QED) is 0.544. The molecule has 0 amide bonds. The molecule has 1 fully saturated rings. The van der Waals surface area contributed by atoms with Crippen LogP contribution in [-0.2, 0) is 4.74 Å². The highest BCUT2D eigenvalue weighted by Crippen LogP contribution is 2.28. The summed E-state index contributed by atoms with van der Waals surface area (Å²) in [6.45, 7) is 4.13. The predicted molar refractivity (Wildman–Crippen MR) is 96.0 cm³/mol. The molecule has 1 aliphatic rings. The van der Waals surface area contributed by atoms with E-state index in [4.69, 9.17) is 10.5 Å². The zero-order chi connectivity index (χ0) is 19.1. The molecule has 4 rings (SSSR count). The Morgan fingerprint density at radius 1 is 1.30 bits per heavy atom. The van der Waals surface area contributed by atoms with Gasteiger partial charge in [-0.15, -0.1) is 0 Å². The number of fused-ring (bicyclic) bond motifs is 1. The number of aliphatic hydroxyl groups is 2. The second kappa shape index (κ2) is 6.69. The Balaban J connectivity index is 1.67. The number of halogens is 1. The van der Waals surface area contributed by atoms with Crippen LogP contribution >= 0.6 is 0 Å². The van der Waals surface area contributed by atoms with Gasteiger partial charge >= 0.3 is 0 Å². The number of rotatable bonds is 4. The fraction of sp³-hybridized carbons (Fsp3) is 0.278. The van der Waals surface area contributed by atoms with Gasteiger partial charge in [-0.1, -0.05) is 18.7 Å². The number of hydrogen-bond donors (Lipinski definition) is 4. The van der Waals surface area contributed by atoms with E-state index in [-0.39, 0.29) is 30.5 Å². The van der Waals surface area contributed by atoms with Crippen molar-refractivity contribution in [1.29, 1.82) is 0 Å². The van der Waals surface area contributed by atoms with E-state index in [9.17, 15) is 14.6 Å². The summed E-state index contributed by atoms with van der Waals surface area (Å²) in [6, 6.07) is 5.86. The molecular weight excluding hydrogens is 353 g/mol. The minimum Gasteiger partial charge on any atom is -0.391 e. The SMILES string of the molecule is C=C(c1ccc(F)cc1)c1nc2c(N)nc(C(O)C3CC(O)CO3)nc2[nH]1. The van der Waals surface area contributed by atoms with Gasteiger partial charge in [0.1, 0.15) is 17.7 Å². The summed E-state index contributed by atoms with van der Waals surface area (Å²) in [7, 11) is 0. The normalized spacial score (nSPS) is 20.9. The molecule has 1 aromatic carbocycles. The Morgan fingerprint density at radius 2 is 2.04 bits per heavy atom. The van der Waals surface area contributed by atoms with Crippen LogP contribution in [-0.4, -0.2) is 49.0 Å². The van der Waals surface area contributed by atoms with Gasteiger partial charge in [0.15, 0.2) is 22.8 Å². The minimum absolute atomic E-state index is 0.0849. The number of anilines is 1. The molecule has 140 valence electrons. The summed E-state index contributed by atoms with van der Waals surface area (Å²) in [6.07, 6.45) is -2.06. The molecule has 0 saturated carbocycles.